The van der Waals surface area contributed by atoms with Crippen LogP contribution >= 0.6 is 11.3 Å². The number of ether oxygens (including phenoxy) is 2. The molecule has 0 N–H and O–H groups in total. The van der Waals surface area contributed by atoms with Crippen molar-refractivity contribution in [2.75, 3.05) is 40.5 Å². The first-order chi connectivity index (χ1) is 11.2. The number of thiazole rings is 1. The van der Waals surface area contributed by atoms with Crippen molar-refractivity contribution < 1.29 is 14.3 Å². The van der Waals surface area contributed by atoms with Gasteiger partial charge in [0, 0.05) is 33.5 Å². The smallest absolute Gasteiger partial charge is 0.266 e. The number of nitrogens with zero attached hydrogens (tertiary/aromatic N) is 3. The quantitative estimate of drug-likeness (QED) is 0.740. The standard InChI is InChI=1S/C16H21N3O3S/c1-12-14(16(20)19(8-10-21-2)9-11-22-3)23-15(18-12)13-6-4-5-7-17-13/h4-7H,8-11H2,1-3H3. The van der Waals surface area contributed by atoms with Crippen molar-refractivity contribution in [2.45, 2.75) is 6.92 Å². The second kappa shape index (κ2) is 8.71. The molecule has 0 aliphatic heterocycles. The van der Waals surface area contributed by atoms with Crippen molar-refractivity contribution >= 4 is 17.2 Å². The highest BCUT2D eigenvalue weighted by atomic mass is 32.1. The second-order valence-corrected chi connectivity index (χ2v) is 5.93. The number of hydrogen-bond donors (Lipinski definition) is 0. The van der Waals surface area contributed by atoms with E-state index in [4.69, 9.17) is 9.47 Å². The van der Waals surface area contributed by atoms with E-state index < -0.39 is 0 Å². The Kier molecular flexibility index (Phi) is 6.64. The lowest BCUT2D eigenvalue weighted by molar-refractivity contribution is 0.0631. The Balaban J connectivity index is 2.21. The first-order valence-electron chi connectivity index (χ1n) is 7.33. The molecule has 2 rings (SSSR count). The Morgan fingerprint density at radius 2 is 1.91 bits per heavy atom. The number of pyridine rings is 1. The maximum absolute atomic E-state index is 12.8. The maximum Gasteiger partial charge on any atom is 0.266 e. The molecule has 0 bridgehead atoms. The van der Waals surface area contributed by atoms with Crippen molar-refractivity contribution in [1.82, 2.24) is 14.9 Å². The van der Waals surface area contributed by atoms with Crippen LogP contribution in [0.15, 0.2) is 24.4 Å². The van der Waals surface area contributed by atoms with E-state index >= 15 is 0 Å². The minimum Gasteiger partial charge on any atom is -0.383 e. The van der Waals surface area contributed by atoms with Crippen LogP contribution in [0.25, 0.3) is 10.7 Å². The van der Waals surface area contributed by atoms with Crippen LogP contribution < -0.4 is 0 Å². The number of carbonyl (C=O) groups is 1. The molecular weight excluding hydrogens is 314 g/mol. The Hall–Kier alpha value is -1.83. The summed E-state index contributed by atoms with van der Waals surface area (Å²) in [6, 6.07) is 5.65. The second-order valence-electron chi connectivity index (χ2n) is 4.93. The van der Waals surface area contributed by atoms with Gasteiger partial charge in [-0.05, 0) is 19.1 Å². The fraction of sp³-hybridized carbons (Fsp3) is 0.438. The van der Waals surface area contributed by atoms with Crippen LogP contribution in [0.1, 0.15) is 15.4 Å². The number of amides is 1. The maximum atomic E-state index is 12.8. The zero-order valence-electron chi connectivity index (χ0n) is 13.6. The molecule has 0 unspecified atom stereocenters. The van der Waals surface area contributed by atoms with E-state index in [1.165, 1.54) is 11.3 Å². The van der Waals surface area contributed by atoms with Crippen LogP contribution in [0, 0.1) is 6.92 Å². The molecule has 0 atom stereocenters. The van der Waals surface area contributed by atoms with Crippen molar-refractivity contribution in [3.05, 3.63) is 35.0 Å². The van der Waals surface area contributed by atoms with E-state index in [9.17, 15) is 4.79 Å². The molecule has 0 aliphatic rings. The predicted molar refractivity (Wildman–Crippen MR) is 89.7 cm³/mol. The van der Waals surface area contributed by atoms with E-state index in [2.05, 4.69) is 9.97 Å². The minimum atomic E-state index is -0.0451. The van der Waals surface area contributed by atoms with Crippen molar-refractivity contribution in [2.24, 2.45) is 0 Å². The Bertz CT molecular complexity index is 623. The third-order valence-electron chi connectivity index (χ3n) is 3.29. The van der Waals surface area contributed by atoms with Crippen LogP contribution in [-0.2, 0) is 9.47 Å². The van der Waals surface area contributed by atoms with Gasteiger partial charge in [-0.2, -0.15) is 0 Å². The summed E-state index contributed by atoms with van der Waals surface area (Å²) >= 11 is 1.37. The lowest BCUT2D eigenvalue weighted by atomic mass is 10.3. The van der Waals surface area contributed by atoms with E-state index in [-0.39, 0.29) is 5.91 Å². The van der Waals surface area contributed by atoms with Gasteiger partial charge in [0.25, 0.3) is 5.91 Å². The van der Waals surface area contributed by atoms with Gasteiger partial charge in [0.2, 0.25) is 0 Å². The fourth-order valence-corrected chi connectivity index (χ4v) is 3.07. The number of rotatable bonds is 8. The van der Waals surface area contributed by atoms with Gasteiger partial charge in [-0.25, -0.2) is 4.98 Å². The van der Waals surface area contributed by atoms with Gasteiger partial charge in [0.1, 0.15) is 9.88 Å². The summed E-state index contributed by atoms with van der Waals surface area (Å²) in [4.78, 5) is 23.9. The zero-order chi connectivity index (χ0) is 16.7. The average molecular weight is 335 g/mol. The molecule has 2 aromatic heterocycles. The topological polar surface area (TPSA) is 64.6 Å². The van der Waals surface area contributed by atoms with Gasteiger partial charge in [0.15, 0.2) is 0 Å². The van der Waals surface area contributed by atoms with Crippen LogP contribution in [0.4, 0.5) is 0 Å². The molecule has 6 nitrogen and oxygen atoms in total. The highest BCUT2D eigenvalue weighted by molar-refractivity contribution is 7.17. The normalized spacial score (nSPS) is 10.7. The summed E-state index contributed by atoms with van der Waals surface area (Å²) in [5.41, 5.74) is 1.50. The predicted octanol–water partition coefficient (Wildman–Crippen LogP) is 2.25. The van der Waals surface area contributed by atoms with Gasteiger partial charge < -0.3 is 14.4 Å². The highest BCUT2D eigenvalue weighted by Gasteiger charge is 2.22. The molecule has 1 amide bonds. The molecule has 7 heteroatoms. The number of methoxy groups -OCH3 is 2. The summed E-state index contributed by atoms with van der Waals surface area (Å²) < 4.78 is 10.2. The molecule has 23 heavy (non-hydrogen) atoms. The lowest BCUT2D eigenvalue weighted by Gasteiger charge is -2.21. The van der Waals surface area contributed by atoms with Gasteiger partial charge in [-0.15, -0.1) is 11.3 Å². The highest BCUT2D eigenvalue weighted by Crippen LogP contribution is 2.27. The molecular formula is C16H21N3O3S. The van der Waals surface area contributed by atoms with Crippen molar-refractivity contribution in [3.8, 4) is 10.7 Å². The summed E-state index contributed by atoms with van der Waals surface area (Å²) in [6.07, 6.45) is 1.72. The molecule has 0 spiro atoms. The molecule has 0 radical (unpaired) electrons. The minimum absolute atomic E-state index is 0.0451. The summed E-state index contributed by atoms with van der Waals surface area (Å²) in [5.74, 6) is -0.0451. The van der Waals surface area contributed by atoms with Gasteiger partial charge in [-0.1, -0.05) is 6.07 Å². The molecule has 0 aromatic carbocycles. The fourth-order valence-electron chi connectivity index (χ4n) is 2.06. The third-order valence-corrected chi connectivity index (χ3v) is 4.46. The van der Waals surface area contributed by atoms with Crippen molar-refractivity contribution in [3.63, 3.8) is 0 Å². The van der Waals surface area contributed by atoms with E-state index in [0.717, 1.165) is 16.4 Å². The molecule has 0 saturated carbocycles. The SMILES string of the molecule is COCCN(CCOC)C(=O)c1sc(-c2ccccn2)nc1C. The zero-order valence-corrected chi connectivity index (χ0v) is 14.4. The molecule has 2 heterocycles. The molecule has 0 fully saturated rings. The lowest BCUT2D eigenvalue weighted by Crippen LogP contribution is -2.36. The third kappa shape index (κ3) is 4.57. The molecule has 0 aliphatic carbocycles. The summed E-state index contributed by atoms with van der Waals surface area (Å²) in [7, 11) is 3.24. The van der Waals surface area contributed by atoms with Gasteiger partial charge in [0.05, 0.1) is 24.6 Å². The van der Waals surface area contributed by atoms with E-state index in [1.54, 1.807) is 25.3 Å². The van der Waals surface area contributed by atoms with Crippen LogP contribution in [-0.4, -0.2) is 61.3 Å². The first kappa shape index (κ1) is 17.5. The summed E-state index contributed by atoms with van der Waals surface area (Å²) in [6.45, 7) is 3.87. The first-order valence-corrected chi connectivity index (χ1v) is 8.15. The van der Waals surface area contributed by atoms with Crippen LogP contribution in [0.3, 0.4) is 0 Å². The van der Waals surface area contributed by atoms with Gasteiger partial charge >= 0.3 is 0 Å². The number of aromatic nitrogens is 2. The number of carbonyl (C=O) groups excluding carboxylic acids is 1. The molecule has 2 aromatic rings. The number of aryl methyl sites for hydroxylation is 1. The largest absolute Gasteiger partial charge is 0.383 e. The monoisotopic (exact) mass is 335 g/mol. The Morgan fingerprint density at radius 3 is 2.48 bits per heavy atom. The van der Waals surface area contributed by atoms with Gasteiger partial charge in [-0.3, -0.25) is 9.78 Å². The van der Waals surface area contributed by atoms with Crippen molar-refractivity contribution in [1.29, 1.82) is 0 Å². The van der Waals surface area contributed by atoms with E-state index in [0.29, 0.717) is 31.2 Å². The van der Waals surface area contributed by atoms with E-state index in [1.807, 2.05) is 25.1 Å². The average Bonchev–Trinajstić information content (AvgIpc) is 2.97. The van der Waals surface area contributed by atoms with Crippen LogP contribution in [0.2, 0.25) is 0 Å². The number of hydrogen-bond acceptors (Lipinski definition) is 6. The van der Waals surface area contributed by atoms with Crippen LogP contribution in [0.5, 0.6) is 0 Å². The Labute approximate surface area is 140 Å². The Morgan fingerprint density at radius 1 is 1.22 bits per heavy atom. The summed E-state index contributed by atoms with van der Waals surface area (Å²) in [5, 5.41) is 0.755. The molecule has 124 valence electrons. The molecule has 0 saturated heterocycles.